The maximum absolute atomic E-state index is 7.53. The molecule has 0 atom stereocenters. The van der Waals surface area contributed by atoms with Gasteiger partial charge in [-0.2, -0.15) is 0 Å². The van der Waals surface area contributed by atoms with Crippen molar-refractivity contribution >= 4 is 0 Å². The second kappa shape index (κ2) is 2.77. The molecule has 0 bridgehead atoms. The normalized spacial score (nSPS) is 16.0. The highest BCUT2D eigenvalue weighted by Gasteiger charge is 2.16. The fourth-order valence-corrected chi connectivity index (χ4v) is 1.27. The van der Waals surface area contributed by atoms with Gasteiger partial charge in [0.1, 0.15) is 0 Å². The molecule has 0 fully saturated rings. The Kier molecular flexibility index (Phi) is 0.892. The number of hydrogen-bond donors (Lipinski definition) is 0. The number of ether oxygens (including phenoxy) is 2. The minimum Gasteiger partial charge on any atom is -0.450 e. The van der Waals surface area contributed by atoms with E-state index in [9.17, 15) is 0 Å². The third-order valence-electron chi connectivity index (χ3n) is 1.91. The SMILES string of the molecule is [2H]c1cc2c(cc1[2H])Oc1cc([2H])c([2H])cc1O2. The van der Waals surface area contributed by atoms with Crippen LogP contribution in [0.1, 0.15) is 5.48 Å². The Bertz CT molecular complexity index is 544. The van der Waals surface area contributed by atoms with Gasteiger partial charge in [0.05, 0.1) is 5.48 Å². The van der Waals surface area contributed by atoms with Crippen LogP contribution < -0.4 is 9.47 Å². The summed E-state index contributed by atoms with van der Waals surface area (Å²) in [5.41, 5.74) is 0. The molecule has 2 aromatic carbocycles. The lowest BCUT2D eigenvalue weighted by Crippen LogP contribution is -1.97. The largest absolute Gasteiger partial charge is 0.450 e. The number of rotatable bonds is 0. The Hall–Kier alpha value is -1.96. The standard InChI is InChI=1S/C12H8O2/c1-2-6-10-9(5-1)13-11-7-3-4-8-12(11)14-10/h1-8H/i1D,2D,3D,4D. The summed E-state index contributed by atoms with van der Waals surface area (Å²) in [6, 6.07) is 5.79. The molecule has 1 heterocycles. The molecule has 2 heteroatoms. The smallest absolute Gasteiger partial charge is 0.170 e. The summed E-state index contributed by atoms with van der Waals surface area (Å²) < 4.78 is 41.2. The first kappa shape index (κ1) is 4.51. The average molecular weight is 188 g/mol. The van der Waals surface area contributed by atoms with Gasteiger partial charge in [0.25, 0.3) is 0 Å². The molecule has 0 saturated carbocycles. The lowest BCUT2D eigenvalue weighted by molar-refractivity contribution is 0.359. The molecule has 0 N–H and O–H groups in total. The van der Waals surface area contributed by atoms with Crippen molar-refractivity contribution in [1.29, 1.82) is 0 Å². The van der Waals surface area contributed by atoms with Gasteiger partial charge in [-0.25, -0.2) is 0 Å². The maximum atomic E-state index is 7.53. The number of hydrogen-bond acceptors (Lipinski definition) is 2. The van der Waals surface area contributed by atoms with Crippen molar-refractivity contribution in [1.82, 2.24) is 0 Å². The topological polar surface area (TPSA) is 18.5 Å². The number of fused-ring (bicyclic) bond motifs is 2. The zero-order valence-corrected chi connectivity index (χ0v) is 7.13. The first-order valence-electron chi connectivity index (χ1n) is 6.13. The molecule has 68 valence electrons. The molecule has 14 heavy (non-hydrogen) atoms. The van der Waals surface area contributed by atoms with Gasteiger partial charge < -0.3 is 9.47 Å². The van der Waals surface area contributed by atoms with Gasteiger partial charge in [0.15, 0.2) is 23.0 Å². The predicted molar refractivity (Wildman–Crippen MR) is 53.0 cm³/mol. The van der Waals surface area contributed by atoms with Crippen molar-refractivity contribution in [3.05, 3.63) is 48.4 Å². The van der Waals surface area contributed by atoms with Gasteiger partial charge in [0.2, 0.25) is 0 Å². The summed E-state index contributed by atoms with van der Waals surface area (Å²) in [4.78, 5) is 0. The fraction of sp³-hybridized carbons (Fsp3) is 0. The lowest BCUT2D eigenvalue weighted by Gasteiger charge is -2.19. The Morgan fingerprint density at radius 1 is 0.643 bits per heavy atom. The molecule has 2 nitrogen and oxygen atoms in total. The van der Waals surface area contributed by atoms with Gasteiger partial charge in [-0.3, -0.25) is 0 Å². The van der Waals surface area contributed by atoms with Crippen LogP contribution in [0.15, 0.2) is 48.4 Å². The molecular formula is C12H8O2. The van der Waals surface area contributed by atoms with E-state index in [1.165, 1.54) is 24.3 Å². The van der Waals surface area contributed by atoms with Crippen LogP contribution in [0, 0.1) is 0 Å². The van der Waals surface area contributed by atoms with E-state index >= 15 is 0 Å². The molecule has 0 unspecified atom stereocenters. The zero-order chi connectivity index (χ0) is 12.9. The molecule has 0 aliphatic carbocycles. The van der Waals surface area contributed by atoms with Crippen LogP contribution >= 0.6 is 0 Å². The molecule has 1 aliphatic heterocycles. The van der Waals surface area contributed by atoms with Crippen molar-refractivity contribution in [3.8, 4) is 23.0 Å². The van der Waals surface area contributed by atoms with Crippen molar-refractivity contribution < 1.29 is 15.0 Å². The van der Waals surface area contributed by atoms with Gasteiger partial charge in [0, 0.05) is 0 Å². The molecular weight excluding hydrogens is 176 g/mol. The monoisotopic (exact) mass is 188 g/mol. The summed E-state index contributed by atoms with van der Waals surface area (Å²) in [5.74, 6) is 1.39. The summed E-state index contributed by atoms with van der Waals surface area (Å²) in [6.45, 7) is 0. The molecule has 0 saturated heterocycles. The Labute approximate surface area is 87.3 Å². The minimum atomic E-state index is 0.0454. The highest BCUT2D eigenvalue weighted by molar-refractivity contribution is 5.53. The van der Waals surface area contributed by atoms with Crippen LogP contribution in [-0.2, 0) is 0 Å². The highest BCUT2D eigenvalue weighted by Crippen LogP contribution is 2.44. The van der Waals surface area contributed by atoms with E-state index in [4.69, 9.17) is 15.0 Å². The summed E-state index contributed by atoms with van der Waals surface area (Å²) in [7, 11) is 0. The van der Waals surface area contributed by atoms with E-state index in [0.717, 1.165) is 0 Å². The molecule has 0 amide bonds. The first-order valence-corrected chi connectivity index (χ1v) is 4.13. The van der Waals surface area contributed by atoms with Crippen LogP contribution in [0.25, 0.3) is 0 Å². The van der Waals surface area contributed by atoms with Gasteiger partial charge in [-0.05, 0) is 24.3 Å². The Balaban J connectivity index is 2.12. The van der Waals surface area contributed by atoms with Crippen LogP contribution in [0.5, 0.6) is 23.0 Å². The first-order chi connectivity index (χ1) is 8.54. The second-order valence-electron chi connectivity index (χ2n) is 2.82. The van der Waals surface area contributed by atoms with E-state index < -0.39 is 0 Å². The fourth-order valence-electron chi connectivity index (χ4n) is 1.27. The van der Waals surface area contributed by atoms with Gasteiger partial charge in [-0.1, -0.05) is 24.2 Å². The third-order valence-corrected chi connectivity index (χ3v) is 1.91. The van der Waals surface area contributed by atoms with Crippen molar-refractivity contribution in [2.24, 2.45) is 0 Å². The lowest BCUT2D eigenvalue weighted by atomic mass is 10.2. The third kappa shape index (κ3) is 1.04. The molecule has 0 spiro atoms. The maximum Gasteiger partial charge on any atom is 0.170 e. The van der Waals surface area contributed by atoms with Gasteiger partial charge in [-0.15, -0.1) is 0 Å². The summed E-state index contributed by atoms with van der Waals surface area (Å²) >= 11 is 0. The second-order valence-corrected chi connectivity index (χ2v) is 2.82. The summed E-state index contributed by atoms with van der Waals surface area (Å²) in [5, 5.41) is 0. The van der Waals surface area contributed by atoms with E-state index in [2.05, 4.69) is 0 Å². The Morgan fingerprint density at radius 2 is 0.929 bits per heavy atom. The predicted octanol–water partition coefficient (Wildman–Crippen LogP) is 3.58. The van der Waals surface area contributed by atoms with Gasteiger partial charge >= 0.3 is 0 Å². The average Bonchev–Trinajstić information content (AvgIpc) is 2.31. The summed E-state index contributed by atoms with van der Waals surface area (Å²) in [6.07, 6.45) is 0. The Morgan fingerprint density at radius 3 is 1.21 bits per heavy atom. The van der Waals surface area contributed by atoms with E-state index in [1.54, 1.807) is 0 Å². The molecule has 0 aromatic heterocycles. The van der Waals surface area contributed by atoms with E-state index in [0.29, 0.717) is 23.0 Å². The minimum absolute atomic E-state index is 0.0454. The number of benzene rings is 2. The van der Waals surface area contributed by atoms with Crippen molar-refractivity contribution in [3.63, 3.8) is 0 Å². The van der Waals surface area contributed by atoms with Crippen LogP contribution in [-0.4, -0.2) is 0 Å². The van der Waals surface area contributed by atoms with Crippen molar-refractivity contribution in [2.75, 3.05) is 0 Å². The highest BCUT2D eigenvalue weighted by atomic mass is 16.6. The number of para-hydroxylation sites is 4. The van der Waals surface area contributed by atoms with E-state index in [-0.39, 0.29) is 24.2 Å². The molecule has 3 rings (SSSR count). The van der Waals surface area contributed by atoms with Crippen molar-refractivity contribution in [2.45, 2.75) is 0 Å². The molecule has 2 aromatic rings. The quantitative estimate of drug-likeness (QED) is 0.536. The van der Waals surface area contributed by atoms with Crippen LogP contribution in [0.2, 0.25) is 0 Å². The van der Waals surface area contributed by atoms with E-state index in [1.807, 2.05) is 0 Å². The van der Waals surface area contributed by atoms with Crippen LogP contribution in [0.4, 0.5) is 0 Å². The zero-order valence-electron chi connectivity index (χ0n) is 11.1. The van der Waals surface area contributed by atoms with Crippen LogP contribution in [0.3, 0.4) is 0 Å². The molecule has 1 aliphatic rings. The molecule has 0 radical (unpaired) electrons.